The molecule has 2 heterocycles. The second-order valence-corrected chi connectivity index (χ2v) is 7.00. The Balaban J connectivity index is 1.98. The monoisotopic (exact) mass is 432 g/mol. The highest BCUT2D eigenvalue weighted by Crippen LogP contribution is 2.30. The minimum Gasteiger partial charge on any atom is -0.480 e. The maximum absolute atomic E-state index is 12.6. The Labute approximate surface area is 163 Å². The van der Waals surface area contributed by atoms with Crippen LogP contribution in [0.4, 0.5) is 0 Å². The summed E-state index contributed by atoms with van der Waals surface area (Å²) in [7, 11) is 0. The lowest BCUT2D eigenvalue weighted by Crippen LogP contribution is -2.30. The molecule has 1 atom stereocenters. The molecule has 0 aliphatic carbocycles. The predicted molar refractivity (Wildman–Crippen MR) is 103 cm³/mol. The van der Waals surface area contributed by atoms with Crippen molar-refractivity contribution < 1.29 is 9.90 Å². The number of benzene rings is 1. The average molecular weight is 434 g/mol. The molecule has 1 aromatic carbocycles. The topological polar surface area (TPSA) is 72.2 Å². The summed E-state index contributed by atoms with van der Waals surface area (Å²) in [6, 6.07) is 10.9. The Hall–Kier alpha value is -2.44. The lowest BCUT2D eigenvalue weighted by Gasteiger charge is -2.16. The van der Waals surface area contributed by atoms with Crippen LogP contribution >= 0.6 is 27.5 Å². The first kappa shape index (κ1) is 18.4. The van der Waals surface area contributed by atoms with Crippen molar-refractivity contribution in [2.24, 2.45) is 0 Å². The molecule has 1 unspecified atom stereocenters. The van der Waals surface area contributed by atoms with Crippen molar-refractivity contribution in [1.29, 1.82) is 0 Å². The lowest BCUT2D eigenvalue weighted by atomic mass is 10.1. The zero-order valence-corrected chi connectivity index (χ0v) is 15.8. The van der Waals surface area contributed by atoms with E-state index in [9.17, 15) is 14.7 Å². The van der Waals surface area contributed by atoms with E-state index in [0.29, 0.717) is 10.6 Å². The van der Waals surface area contributed by atoms with Crippen LogP contribution in [0.1, 0.15) is 11.6 Å². The Morgan fingerprint density at radius 2 is 2.08 bits per heavy atom. The maximum Gasteiger partial charge on any atom is 0.327 e. The minimum atomic E-state index is -1.08. The van der Waals surface area contributed by atoms with Gasteiger partial charge in [0.1, 0.15) is 6.04 Å². The highest BCUT2D eigenvalue weighted by Gasteiger charge is 2.21. The van der Waals surface area contributed by atoms with Gasteiger partial charge < -0.3 is 9.67 Å². The highest BCUT2D eigenvalue weighted by atomic mass is 79.9. The third-order valence-corrected chi connectivity index (χ3v) is 4.89. The van der Waals surface area contributed by atoms with E-state index in [0.717, 1.165) is 15.6 Å². The molecule has 0 saturated heterocycles. The molecule has 132 valence electrons. The molecule has 7 heteroatoms. The van der Waals surface area contributed by atoms with Crippen molar-refractivity contribution >= 4 is 33.5 Å². The number of aliphatic carboxylic acids is 1. The van der Waals surface area contributed by atoms with E-state index < -0.39 is 17.6 Å². The van der Waals surface area contributed by atoms with Crippen LogP contribution in [0.2, 0.25) is 5.02 Å². The normalized spacial score (nSPS) is 11.9. The number of carboxylic acids is 1. The summed E-state index contributed by atoms with van der Waals surface area (Å²) in [5.74, 6) is -1.08. The van der Waals surface area contributed by atoms with Crippen LogP contribution in [0.25, 0.3) is 11.1 Å². The summed E-state index contributed by atoms with van der Waals surface area (Å²) in [4.78, 5) is 28.3. The van der Waals surface area contributed by atoms with Gasteiger partial charge in [0.2, 0.25) is 0 Å². The van der Waals surface area contributed by atoms with Gasteiger partial charge in [-0.3, -0.25) is 9.78 Å². The molecule has 0 spiro atoms. The number of nitrogens with zero attached hydrogens (tertiary/aromatic N) is 2. The Morgan fingerprint density at radius 1 is 1.27 bits per heavy atom. The molecule has 0 radical (unpaired) electrons. The summed E-state index contributed by atoms with van der Waals surface area (Å²) in [5, 5.41) is 10.1. The Bertz CT molecular complexity index is 1010. The third kappa shape index (κ3) is 4.03. The third-order valence-electron chi connectivity index (χ3n) is 3.96. The fourth-order valence-corrected chi connectivity index (χ4v) is 3.33. The van der Waals surface area contributed by atoms with Gasteiger partial charge in [0, 0.05) is 40.6 Å². The van der Waals surface area contributed by atoms with Crippen molar-refractivity contribution in [3.63, 3.8) is 0 Å². The van der Waals surface area contributed by atoms with Crippen molar-refractivity contribution in [2.75, 3.05) is 0 Å². The summed E-state index contributed by atoms with van der Waals surface area (Å²) < 4.78 is 2.02. The summed E-state index contributed by atoms with van der Waals surface area (Å²) >= 11 is 9.47. The van der Waals surface area contributed by atoms with E-state index in [1.807, 2.05) is 0 Å². The van der Waals surface area contributed by atoms with Crippen LogP contribution in [0.5, 0.6) is 0 Å². The molecule has 26 heavy (non-hydrogen) atoms. The van der Waals surface area contributed by atoms with Gasteiger partial charge in [-0.25, -0.2) is 4.79 Å². The van der Waals surface area contributed by atoms with Gasteiger partial charge >= 0.3 is 5.97 Å². The van der Waals surface area contributed by atoms with E-state index >= 15 is 0 Å². The molecule has 0 fully saturated rings. The quantitative estimate of drug-likeness (QED) is 0.655. The summed E-state index contributed by atoms with van der Waals surface area (Å²) in [6.45, 7) is 0. The van der Waals surface area contributed by atoms with Gasteiger partial charge in [-0.15, -0.1) is 0 Å². The van der Waals surface area contributed by atoms with Gasteiger partial charge in [-0.05, 0) is 47.0 Å². The van der Waals surface area contributed by atoms with Crippen LogP contribution in [-0.2, 0) is 11.2 Å². The van der Waals surface area contributed by atoms with Gasteiger partial charge in [0.25, 0.3) is 5.56 Å². The molecule has 3 rings (SSSR count). The molecular weight excluding hydrogens is 420 g/mol. The van der Waals surface area contributed by atoms with Crippen LogP contribution in [0.15, 0.2) is 70.3 Å². The molecule has 3 aromatic rings. The van der Waals surface area contributed by atoms with Crippen LogP contribution in [0.3, 0.4) is 0 Å². The molecule has 0 amide bonds. The number of hydrogen-bond acceptors (Lipinski definition) is 3. The molecule has 0 saturated carbocycles. The van der Waals surface area contributed by atoms with Crippen LogP contribution < -0.4 is 5.56 Å². The number of halogens is 2. The number of carbonyl (C=O) groups is 1. The molecule has 0 bridgehead atoms. The minimum absolute atomic E-state index is 0.170. The number of aromatic nitrogens is 2. The zero-order valence-electron chi connectivity index (χ0n) is 13.5. The largest absolute Gasteiger partial charge is 0.480 e. The standard InChI is InChI=1S/C19H14BrClN2O3/c20-16-4-3-14(21)10-15(16)13-5-7-23(18(24)9-13)17(19(25)26)8-12-2-1-6-22-11-12/h1-7,9-11,17H,8H2,(H,25,26). The lowest BCUT2D eigenvalue weighted by molar-refractivity contribution is -0.141. The van der Waals surface area contributed by atoms with E-state index in [2.05, 4.69) is 20.9 Å². The van der Waals surface area contributed by atoms with Crippen LogP contribution in [0, 0.1) is 0 Å². The van der Waals surface area contributed by atoms with Crippen molar-refractivity contribution in [3.05, 3.63) is 86.5 Å². The van der Waals surface area contributed by atoms with Crippen molar-refractivity contribution in [2.45, 2.75) is 12.5 Å². The summed E-state index contributed by atoms with van der Waals surface area (Å²) in [6.07, 6.45) is 4.88. The van der Waals surface area contributed by atoms with Gasteiger partial charge in [-0.1, -0.05) is 33.6 Å². The summed E-state index contributed by atoms with van der Waals surface area (Å²) in [5.41, 5.74) is 1.77. The average Bonchev–Trinajstić information content (AvgIpc) is 2.63. The number of carboxylic acid groups (broad SMARTS) is 1. The molecule has 5 nitrogen and oxygen atoms in total. The smallest absolute Gasteiger partial charge is 0.327 e. The fraction of sp³-hybridized carbons (Fsp3) is 0.105. The second kappa shape index (κ2) is 7.85. The molecule has 0 aliphatic heterocycles. The van der Waals surface area contributed by atoms with E-state index in [-0.39, 0.29) is 6.42 Å². The molecule has 2 aromatic heterocycles. The Morgan fingerprint density at radius 3 is 2.73 bits per heavy atom. The van der Waals surface area contributed by atoms with E-state index in [1.54, 1.807) is 48.8 Å². The predicted octanol–water partition coefficient (Wildman–Crippen LogP) is 4.19. The van der Waals surface area contributed by atoms with Crippen molar-refractivity contribution in [3.8, 4) is 11.1 Å². The van der Waals surface area contributed by atoms with Crippen LogP contribution in [-0.4, -0.2) is 20.6 Å². The highest BCUT2D eigenvalue weighted by molar-refractivity contribution is 9.10. The SMILES string of the molecule is O=C(O)C(Cc1cccnc1)n1ccc(-c2cc(Cl)ccc2Br)cc1=O. The van der Waals surface area contributed by atoms with Crippen molar-refractivity contribution in [1.82, 2.24) is 9.55 Å². The fourth-order valence-electron chi connectivity index (χ4n) is 2.68. The van der Waals surface area contributed by atoms with E-state index in [1.165, 1.54) is 16.8 Å². The van der Waals surface area contributed by atoms with E-state index in [4.69, 9.17) is 11.6 Å². The molecule has 0 aliphatic rings. The maximum atomic E-state index is 12.6. The first-order valence-corrected chi connectivity index (χ1v) is 8.92. The molecule has 1 N–H and O–H groups in total. The number of pyridine rings is 2. The number of rotatable bonds is 5. The first-order chi connectivity index (χ1) is 12.5. The second-order valence-electron chi connectivity index (χ2n) is 5.70. The molecular formula is C19H14BrClN2O3. The first-order valence-electron chi connectivity index (χ1n) is 7.75. The number of hydrogen-bond donors (Lipinski definition) is 1. The zero-order chi connectivity index (χ0) is 18.7. The van der Waals surface area contributed by atoms with Gasteiger partial charge in [0.05, 0.1) is 0 Å². The van der Waals surface area contributed by atoms with Gasteiger partial charge in [-0.2, -0.15) is 0 Å². The van der Waals surface area contributed by atoms with Gasteiger partial charge in [0.15, 0.2) is 0 Å². The Kier molecular flexibility index (Phi) is 5.54.